The highest BCUT2D eigenvalue weighted by molar-refractivity contribution is 6.38. The van der Waals surface area contributed by atoms with Crippen molar-refractivity contribution in [3.63, 3.8) is 0 Å². The minimum Gasteiger partial charge on any atom is -0.466 e. The number of hydrogen-bond donors (Lipinski definition) is 1. The van der Waals surface area contributed by atoms with E-state index in [2.05, 4.69) is 5.32 Å². The first kappa shape index (κ1) is 23.2. The smallest absolute Gasteiger partial charge is 0.349 e. The Morgan fingerprint density at radius 2 is 1.97 bits per heavy atom. The average Bonchev–Trinajstić information content (AvgIpc) is 2.73. The number of nitro benzene ring substituents is 1. The Bertz CT molecular complexity index is 1270. The Labute approximate surface area is 191 Å². The van der Waals surface area contributed by atoms with Gasteiger partial charge in [-0.3, -0.25) is 19.7 Å². The molecule has 3 aromatic rings. The molecule has 1 atom stereocenters. The van der Waals surface area contributed by atoms with E-state index >= 15 is 0 Å². The molecule has 11 heteroatoms. The van der Waals surface area contributed by atoms with Crippen molar-refractivity contribution in [2.45, 2.75) is 19.4 Å². The molecule has 9 nitrogen and oxygen atoms in total. The van der Waals surface area contributed by atoms with Crippen LogP contribution in [0.5, 0.6) is 0 Å². The third kappa shape index (κ3) is 5.24. The summed E-state index contributed by atoms with van der Waals surface area (Å²) in [5.74, 6) is -1.48. The van der Waals surface area contributed by atoms with Crippen LogP contribution in [0.25, 0.3) is 11.0 Å². The second kappa shape index (κ2) is 9.80. The lowest BCUT2D eigenvalue weighted by atomic mass is 10.0. The second-order valence-electron chi connectivity index (χ2n) is 6.64. The number of carbonyl (C=O) groups excluding carboxylic acids is 2. The predicted molar refractivity (Wildman–Crippen MR) is 117 cm³/mol. The fraction of sp³-hybridized carbons (Fsp3) is 0.190. The second-order valence-corrected chi connectivity index (χ2v) is 7.48. The summed E-state index contributed by atoms with van der Waals surface area (Å²) >= 11 is 12.0. The summed E-state index contributed by atoms with van der Waals surface area (Å²) in [5, 5.41) is 14.4. The predicted octanol–water partition coefficient (Wildman–Crippen LogP) is 4.43. The molecule has 0 aliphatic carbocycles. The molecule has 0 aliphatic heterocycles. The van der Waals surface area contributed by atoms with E-state index in [0.717, 1.165) is 0 Å². The third-order valence-electron chi connectivity index (χ3n) is 4.46. The first-order valence-corrected chi connectivity index (χ1v) is 10.1. The van der Waals surface area contributed by atoms with Crippen LogP contribution in [0.2, 0.25) is 10.0 Å². The summed E-state index contributed by atoms with van der Waals surface area (Å²) in [7, 11) is 0. The number of halogens is 2. The fourth-order valence-electron chi connectivity index (χ4n) is 3.05. The number of nitro groups is 1. The van der Waals surface area contributed by atoms with E-state index in [-0.39, 0.29) is 45.5 Å². The Balaban J connectivity index is 1.98. The maximum absolute atomic E-state index is 12.9. The van der Waals surface area contributed by atoms with Crippen molar-refractivity contribution in [3.05, 3.63) is 84.2 Å². The van der Waals surface area contributed by atoms with Crippen LogP contribution in [-0.2, 0) is 9.53 Å². The number of rotatable bonds is 7. The average molecular weight is 479 g/mol. The molecule has 32 heavy (non-hydrogen) atoms. The quantitative estimate of drug-likeness (QED) is 0.230. The normalized spacial score (nSPS) is 11.7. The van der Waals surface area contributed by atoms with Crippen LogP contribution < -0.4 is 10.9 Å². The van der Waals surface area contributed by atoms with Gasteiger partial charge in [-0.05, 0) is 30.7 Å². The maximum atomic E-state index is 12.9. The number of nitrogens with one attached hydrogen (secondary N) is 1. The largest absolute Gasteiger partial charge is 0.466 e. The molecule has 1 amide bonds. The van der Waals surface area contributed by atoms with E-state index in [9.17, 15) is 24.5 Å². The molecule has 2 aromatic carbocycles. The Hall–Kier alpha value is -3.43. The fourth-order valence-corrected chi connectivity index (χ4v) is 3.59. The maximum Gasteiger partial charge on any atom is 0.349 e. The molecule has 0 fully saturated rings. The number of nitrogens with zero attached hydrogens (tertiary/aromatic N) is 1. The SMILES string of the molecule is CCOC(=O)C[C@@H](NC(=O)c1cc2cc(Cl)cc(Cl)c2oc1=O)c1cccc([N+](=O)[O-])c1. The third-order valence-corrected chi connectivity index (χ3v) is 4.96. The number of non-ortho nitro benzene ring substituents is 1. The van der Waals surface area contributed by atoms with Crippen LogP contribution in [0.3, 0.4) is 0 Å². The zero-order valence-electron chi connectivity index (χ0n) is 16.6. The highest BCUT2D eigenvalue weighted by atomic mass is 35.5. The first-order chi connectivity index (χ1) is 15.2. The van der Waals surface area contributed by atoms with Gasteiger partial charge in [-0.25, -0.2) is 4.79 Å². The lowest BCUT2D eigenvalue weighted by Gasteiger charge is -2.18. The van der Waals surface area contributed by atoms with Crippen LogP contribution in [0, 0.1) is 10.1 Å². The molecular formula is C21H16Cl2N2O7. The molecule has 3 rings (SSSR count). The molecule has 0 spiro atoms. The molecule has 0 aliphatic rings. The molecule has 0 saturated carbocycles. The molecule has 166 valence electrons. The van der Waals surface area contributed by atoms with E-state index in [1.54, 1.807) is 6.92 Å². The highest BCUT2D eigenvalue weighted by Gasteiger charge is 2.24. The topological polar surface area (TPSA) is 129 Å². The van der Waals surface area contributed by atoms with E-state index in [4.69, 9.17) is 32.4 Å². The van der Waals surface area contributed by atoms with Crippen molar-refractivity contribution in [1.82, 2.24) is 5.32 Å². The molecular weight excluding hydrogens is 463 g/mol. The van der Waals surface area contributed by atoms with Gasteiger partial charge >= 0.3 is 11.6 Å². The Kier molecular flexibility index (Phi) is 7.12. The van der Waals surface area contributed by atoms with Crippen molar-refractivity contribution in [3.8, 4) is 0 Å². The van der Waals surface area contributed by atoms with Crippen molar-refractivity contribution in [1.29, 1.82) is 0 Å². The van der Waals surface area contributed by atoms with E-state index in [1.165, 1.54) is 42.5 Å². The molecule has 0 radical (unpaired) electrons. The van der Waals surface area contributed by atoms with Crippen molar-refractivity contribution >= 4 is 51.7 Å². The van der Waals surface area contributed by atoms with Gasteiger partial charge < -0.3 is 14.5 Å². The molecule has 0 bridgehead atoms. The summed E-state index contributed by atoms with van der Waals surface area (Å²) in [6.45, 7) is 1.74. The zero-order chi connectivity index (χ0) is 23.4. The standard InChI is InChI=1S/C21H16Cl2N2O7/c1-2-31-18(26)10-17(11-4-3-5-14(7-11)25(29)30)24-20(27)15-8-12-6-13(22)9-16(23)19(12)32-21(15)28/h3-9,17H,2,10H2,1H3,(H,24,27)/t17-/m1/s1. The Morgan fingerprint density at radius 1 is 1.22 bits per heavy atom. The summed E-state index contributed by atoms with van der Waals surface area (Å²) in [4.78, 5) is 47.9. The summed E-state index contributed by atoms with van der Waals surface area (Å²) in [6.07, 6.45) is -0.308. The van der Waals surface area contributed by atoms with Gasteiger partial charge in [0.2, 0.25) is 0 Å². The molecule has 0 saturated heterocycles. The Morgan fingerprint density at radius 3 is 2.66 bits per heavy atom. The van der Waals surface area contributed by atoms with Gasteiger partial charge in [0.05, 0.1) is 29.0 Å². The molecule has 1 heterocycles. The van der Waals surface area contributed by atoms with E-state index in [0.29, 0.717) is 5.39 Å². The van der Waals surface area contributed by atoms with Gasteiger partial charge in [0.1, 0.15) is 5.56 Å². The minimum absolute atomic E-state index is 0.0689. The van der Waals surface area contributed by atoms with Gasteiger partial charge in [0, 0.05) is 22.5 Å². The molecule has 1 N–H and O–H groups in total. The van der Waals surface area contributed by atoms with Gasteiger partial charge in [0.25, 0.3) is 11.6 Å². The van der Waals surface area contributed by atoms with Crippen LogP contribution in [0.1, 0.15) is 35.3 Å². The molecule has 0 unspecified atom stereocenters. The van der Waals surface area contributed by atoms with Crippen molar-refractivity contribution in [2.24, 2.45) is 0 Å². The van der Waals surface area contributed by atoms with E-state index < -0.39 is 28.5 Å². The van der Waals surface area contributed by atoms with Gasteiger partial charge in [-0.15, -0.1) is 0 Å². The number of hydrogen-bond acceptors (Lipinski definition) is 7. The van der Waals surface area contributed by atoms with Crippen LogP contribution in [0.15, 0.2) is 51.7 Å². The summed E-state index contributed by atoms with van der Waals surface area (Å²) < 4.78 is 10.1. The number of fused-ring (bicyclic) bond motifs is 1. The molecule has 1 aromatic heterocycles. The van der Waals surface area contributed by atoms with Crippen molar-refractivity contribution in [2.75, 3.05) is 6.61 Å². The summed E-state index contributed by atoms with van der Waals surface area (Å²) in [6, 6.07) is 8.57. The summed E-state index contributed by atoms with van der Waals surface area (Å²) in [5.41, 5.74) is -1.17. The minimum atomic E-state index is -1.00. The highest BCUT2D eigenvalue weighted by Crippen LogP contribution is 2.28. The lowest BCUT2D eigenvalue weighted by Crippen LogP contribution is -2.33. The van der Waals surface area contributed by atoms with E-state index in [1.807, 2.05) is 0 Å². The van der Waals surface area contributed by atoms with Gasteiger partial charge in [-0.1, -0.05) is 35.3 Å². The monoisotopic (exact) mass is 478 g/mol. The lowest BCUT2D eigenvalue weighted by molar-refractivity contribution is -0.384. The van der Waals surface area contributed by atoms with Gasteiger partial charge in [-0.2, -0.15) is 0 Å². The number of esters is 1. The first-order valence-electron chi connectivity index (χ1n) is 9.33. The van der Waals surface area contributed by atoms with Crippen LogP contribution in [-0.4, -0.2) is 23.4 Å². The number of ether oxygens (including phenoxy) is 1. The van der Waals surface area contributed by atoms with Crippen LogP contribution >= 0.6 is 23.2 Å². The van der Waals surface area contributed by atoms with Gasteiger partial charge in [0.15, 0.2) is 5.58 Å². The van der Waals surface area contributed by atoms with Crippen LogP contribution in [0.4, 0.5) is 5.69 Å². The van der Waals surface area contributed by atoms with Crippen molar-refractivity contribution < 1.29 is 23.7 Å². The zero-order valence-corrected chi connectivity index (χ0v) is 18.1. The number of benzene rings is 2. The number of carbonyl (C=O) groups is 2. The number of amides is 1.